The van der Waals surface area contributed by atoms with Gasteiger partial charge >= 0.3 is 0 Å². The van der Waals surface area contributed by atoms with E-state index in [1.807, 2.05) is 27.1 Å². The zero-order valence-electron chi connectivity index (χ0n) is 14.9. The van der Waals surface area contributed by atoms with Gasteiger partial charge < -0.3 is 10.3 Å². The maximum Gasteiger partial charge on any atom is 0.224 e. The number of fused-ring (bicyclic) bond motifs is 1. The first-order valence-electron chi connectivity index (χ1n) is 8.22. The molecule has 1 amide bonds. The number of rotatable bonds is 4. The number of benzene rings is 1. The fraction of sp³-hybridized carbons (Fsp3) is 0.368. The second kappa shape index (κ2) is 6.15. The molecule has 0 saturated heterocycles. The van der Waals surface area contributed by atoms with Crippen LogP contribution in [0.25, 0.3) is 10.9 Å². The normalized spacial score (nSPS) is 12.5. The lowest BCUT2D eigenvalue weighted by Gasteiger charge is -2.12. The summed E-state index contributed by atoms with van der Waals surface area (Å²) in [4.78, 5) is 16.0. The first-order valence-corrected chi connectivity index (χ1v) is 8.22. The van der Waals surface area contributed by atoms with Gasteiger partial charge in [-0.15, -0.1) is 0 Å². The molecule has 2 aromatic heterocycles. The molecule has 0 radical (unpaired) electrons. The minimum atomic E-state index is -0.0560. The summed E-state index contributed by atoms with van der Waals surface area (Å²) in [6.45, 7) is 8.19. The van der Waals surface area contributed by atoms with Gasteiger partial charge in [-0.2, -0.15) is 5.10 Å². The van der Waals surface area contributed by atoms with Crippen LogP contribution >= 0.6 is 0 Å². The van der Waals surface area contributed by atoms with Crippen LogP contribution in [0.1, 0.15) is 40.9 Å². The summed E-state index contributed by atoms with van der Waals surface area (Å²) in [5, 5.41) is 8.40. The third-order valence-corrected chi connectivity index (χ3v) is 4.63. The number of aromatic nitrogens is 3. The van der Waals surface area contributed by atoms with Crippen LogP contribution in [0.15, 0.2) is 24.5 Å². The number of nitrogens with one attached hydrogen (secondary N) is 2. The molecule has 2 N–H and O–H groups in total. The van der Waals surface area contributed by atoms with Crippen LogP contribution in [-0.2, 0) is 18.3 Å². The monoisotopic (exact) mass is 324 g/mol. The zero-order valence-corrected chi connectivity index (χ0v) is 14.9. The van der Waals surface area contributed by atoms with Crippen LogP contribution < -0.4 is 5.32 Å². The topological polar surface area (TPSA) is 62.7 Å². The van der Waals surface area contributed by atoms with E-state index in [4.69, 9.17) is 0 Å². The minimum absolute atomic E-state index is 0.0243. The summed E-state index contributed by atoms with van der Waals surface area (Å²) < 4.78 is 1.74. The number of aryl methyl sites for hydroxylation is 4. The summed E-state index contributed by atoms with van der Waals surface area (Å²) in [5.74, 6) is 0.0243. The highest BCUT2D eigenvalue weighted by Crippen LogP contribution is 2.28. The van der Waals surface area contributed by atoms with Gasteiger partial charge in [0.1, 0.15) is 0 Å². The van der Waals surface area contributed by atoms with Crippen molar-refractivity contribution in [2.45, 2.75) is 40.2 Å². The van der Waals surface area contributed by atoms with E-state index in [1.165, 1.54) is 16.5 Å². The molecule has 5 heteroatoms. The van der Waals surface area contributed by atoms with Crippen LogP contribution in [0.3, 0.4) is 0 Å². The molecular formula is C19H24N4O. The lowest BCUT2D eigenvalue weighted by atomic mass is 10.0. The van der Waals surface area contributed by atoms with E-state index < -0.39 is 0 Å². The van der Waals surface area contributed by atoms with E-state index >= 15 is 0 Å². The number of carbonyl (C=O) groups excluding carboxylic acids is 1. The molecule has 0 fully saturated rings. The molecule has 0 bridgehead atoms. The largest absolute Gasteiger partial charge is 0.358 e. The molecule has 3 aromatic rings. The number of carbonyl (C=O) groups is 1. The van der Waals surface area contributed by atoms with E-state index in [0.717, 1.165) is 22.3 Å². The molecule has 0 spiro atoms. The van der Waals surface area contributed by atoms with Crippen LogP contribution in [-0.4, -0.2) is 20.7 Å². The van der Waals surface area contributed by atoms with Crippen LogP contribution in [0.5, 0.6) is 0 Å². The third kappa shape index (κ3) is 2.94. The molecule has 0 saturated carbocycles. The predicted octanol–water partition coefficient (Wildman–Crippen LogP) is 3.25. The van der Waals surface area contributed by atoms with Gasteiger partial charge in [0.2, 0.25) is 5.91 Å². The number of hydrogen-bond acceptors (Lipinski definition) is 2. The van der Waals surface area contributed by atoms with Crippen molar-refractivity contribution >= 4 is 16.8 Å². The number of nitrogens with zero attached hydrogens (tertiary/aromatic N) is 2. The third-order valence-electron chi connectivity index (χ3n) is 4.63. The second-order valence-electron chi connectivity index (χ2n) is 6.59. The van der Waals surface area contributed by atoms with E-state index in [2.05, 4.69) is 41.4 Å². The maximum absolute atomic E-state index is 12.5. The Balaban J connectivity index is 1.83. The molecule has 0 aliphatic rings. The fourth-order valence-corrected chi connectivity index (χ4v) is 3.23. The SMILES string of the molecule is Cc1[nH]c2c(C)ccc(C)c2c1CC(=O)N[C@H](C)c1cnn(C)c1. The molecule has 3 rings (SSSR count). The molecule has 24 heavy (non-hydrogen) atoms. The van der Waals surface area contributed by atoms with Crippen LogP contribution in [0.4, 0.5) is 0 Å². The molecule has 1 atom stereocenters. The number of amides is 1. The Bertz CT molecular complexity index is 904. The van der Waals surface area contributed by atoms with E-state index in [9.17, 15) is 4.79 Å². The lowest BCUT2D eigenvalue weighted by Crippen LogP contribution is -2.28. The van der Waals surface area contributed by atoms with E-state index in [0.29, 0.717) is 6.42 Å². The van der Waals surface area contributed by atoms with Crippen molar-refractivity contribution in [3.63, 3.8) is 0 Å². The summed E-state index contributed by atoms with van der Waals surface area (Å²) in [7, 11) is 1.87. The Hall–Kier alpha value is -2.56. The number of hydrogen-bond donors (Lipinski definition) is 2. The van der Waals surface area contributed by atoms with Gasteiger partial charge in [-0.25, -0.2) is 0 Å². The van der Waals surface area contributed by atoms with Crippen molar-refractivity contribution in [2.75, 3.05) is 0 Å². The average Bonchev–Trinajstić information content (AvgIpc) is 3.08. The molecular weight excluding hydrogens is 300 g/mol. The zero-order chi connectivity index (χ0) is 17.4. The summed E-state index contributed by atoms with van der Waals surface area (Å²) in [5.41, 5.74) is 6.69. The molecule has 1 aromatic carbocycles. The Morgan fingerprint density at radius 3 is 2.67 bits per heavy atom. The predicted molar refractivity (Wildman–Crippen MR) is 96.0 cm³/mol. The quantitative estimate of drug-likeness (QED) is 0.774. The maximum atomic E-state index is 12.5. The number of aromatic amines is 1. The van der Waals surface area contributed by atoms with E-state index in [1.54, 1.807) is 10.9 Å². The first kappa shape index (κ1) is 16.3. The van der Waals surface area contributed by atoms with Crippen molar-refractivity contribution in [3.05, 3.63) is 52.5 Å². The lowest BCUT2D eigenvalue weighted by molar-refractivity contribution is -0.121. The minimum Gasteiger partial charge on any atom is -0.358 e. The summed E-state index contributed by atoms with van der Waals surface area (Å²) in [6, 6.07) is 4.17. The van der Waals surface area contributed by atoms with E-state index in [-0.39, 0.29) is 11.9 Å². The standard InChI is InChI=1S/C19H24N4O/c1-11-6-7-12(2)19-18(11)16(14(4)22-19)8-17(24)21-13(3)15-9-20-23(5)10-15/h6-7,9-10,13,22H,8H2,1-5H3,(H,21,24)/t13-/m1/s1. The van der Waals surface area contributed by atoms with Gasteiger partial charge in [0.25, 0.3) is 0 Å². The van der Waals surface area contributed by atoms with Crippen molar-refractivity contribution in [3.8, 4) is 0 Å². The Labute approximate surface area is 142 Å². The van der Waals surface area contributed by atoms with Crippen LogP contribution in [0, 0.1) is 20.8 Å². The summed E-state index contributed by atoms with van der Waals surface area (Å²) >= 11 is 0. The Morgan fingerprint density at radius 2 is 2.00 bits per heavy atom. The van der Waals surface area contributed by atoms with Gasteiger partial charge in [-0.3, -0.25) is 9.48 Å². The molecule has 0 aliphatic carbocycles. The van der Waals surface area contributed by atoms with Gasteiger partial charge in [-0.1, -0.05) is 12.1 Å². The summed E-state index contributed by atoms with van der Waals surface area (Å²) in [6.07, 6.45) is 4.09. The Morgan fingerprint density at radius 1 is 1.29 bits per heavy atom. The highest BCUT2D eigenvalue weighted by atomic mass is 16.1. The van der Waals surface area contributed by atoms with Gasteiger partial charge in [0.05, 0.1) is 18.7 Å². The van der Waals surface area contributed by atoms with Crippen molar-refractivity contribution in [1.29, 1.82) is 0 Å². The first-order chi connectivity index (χ1) is 11.4. The molecule has 0 aliphatic heterocycles. The highest BCUT2D eigenvalue weighted by molar-refractivity contribution is 5.93. The van der Waals surface area contributed by atoms with Crippen molar-refractivity contribution in [1.82, 2.24) is 20.1 Å². The number of H-pyrrole nitrogens is 1. The fourth-order valence-electron chi connectivity index (χ4n) is 3.23. The average molecular weight is 324 g/mol. The molecule has 126 valence electrons. The molecule has 2 heterocycles. The smallest absolute Gasteiger partial charge is 0.224 e. The van der Waals surface area contributed by atoms with Crippen molar-refractivity contribution < 1.29 is 4.79 Å². The second-order valence-corrected chi connectivity index (χ2v) is 6.59. The Kier molecular flexibility index (Phi) is 4.18. The highest BCUT2D eigenvalue weighted by Gasteiger charge is 2.17. The van der Waals surface area contributed by atoms with Gasteiger partial charge in [0, 0.05) is 35.4 Å². The van der Waals surface area contributed by atoms with Crippen LogP contribution in [0.2, 0.25) is 0 Å². The molecule has 5 nitrogen and oxygen atoms in total. The van der Waals surface area contributed by atoms with Gasteiger partial charge in [-0.05, 0) is 44.4 Å². The molecule has 0 unspecified atom stereocenters. The van der Waals surface area contributed by atoms with Crippen molar-refractivity contribution in [2.24, 2.45) is 7.05 Å². The van der Waals surface area contributed by atoms with Gasteiger partial charge in [0.15, 0.2) is 0 Å².